The van der Waals surface area contributed by atoms with E-state index in [1.54, 1.807) is 18.2 Å². The van der Waals surface area contributed by atoms with E-state index in [0.717, 1.165) is 16.1 Å². The first-order chi connectivity index (χ1) is 13.2. The van der Waals surface area contributed by atoms with E-state index in [1.807, 2.05) is 60.7 Å². The van der Waals surface area contributed by atoms with Crippen molar-refractivity contribution < 1.29 is 9.90 Å². The third-order valence-electron chi connectivity index (χ3n) is 4.01. The molecule has 1 heterocycles. The molecule has 0 aliphatic rings. The minimum absolute atomic E-state index is 0.102. The second-order valence-electron chi connectivity index (χ2n) is 5.93. The summed E-state index contributed by atoms with van der Waals surface area (Å²) in [5.74, 6) is -0.149. The molecule has 0 radical (unpaired) electrons. The fourth-order valence-corrected chi connectivity index (χ4v) is 3.73. The molecule has 4 aromatic rings. The Bertz CT molecular complexity index is 1080. The average molecular weight is 372 g/mol. The number of aromatic nitrogens is 1. The number of nitrogens with zero attached hydrogens (tertiary/aromatic N) is 1. The summed E-state index contributed by atoms with van der Waals surface area (Å²) in [6, 6.07) is 26.0. The van der Waals surface area contributed by atoms with Crippen LogP contribution in [0.4, 0.5) is 5.69 Å². The number of nitrogens with one attached hydrogen (secondary N) is 1. The highest BCUT2D eigenvalue weighted by Crippen LogP contribution is 2.34. The summed E-state index contributed by atoms with van der Waals surface area (Å²) < 4.78 is 0. The second kappa shape index (κ2) is 7.43. The van der Waals surface area contributed by atoms with Gasteiger partial charge in [-0.05, 0) is 12.1 Å². The molecule has 27 heavy (non-hydrogen) atoms. The van der Waals surface area contributed by atoms with Crippen LogP contribution in [0.5, 0.6) is 5.75 Å². The van der Waals surface area contributed by atoms with Crippen molar-refractivity contribution in [2.24, 2.45) is 0 Å². The molecule has 0 aliphatic carbocycles. The molecule has 0 bridgehead atoms. The van der Waals surface area contributed by atoms with Crippen molar-refractivity contribution in [3.05, 3.63) is 89.8 Å². The smallest absolute Gasteiger partial charge is 0.268 e. The van der Waals surface area contributed by atoms with Crippen molar-refractivity contribution >= 4 is 22.9 Å². The van der Waals surface area contributed by atoms with E-state index in [0.29, 0.717) is 16.3 Å². The minimum Gasteiger partial charge on any atom is -0.508 e. The zero-order chi connectivity index (χ0) is 18.6. The van der Waals surface area contributed by atoms with Gasteiger partial charge in [0.1, 0.15) is 15.6 Å². The van der Waals surface area contributed by atoms with Crippen LogP contribution in [-0.2, 0) is 0 Å². The SMILES string of the molecule is O=C(Nc1cccc(O)c1)c1sc(-c2ccccc2)nc1-c1ccccc1. The van der Waals surface area contributed by atoms with Crippen LogP contribution in [-0.4, -0.2) is 16.0 Å². The maximum absolute atomic E-state index is 12.9. The van der Waals surface area contributed by atoms with Crippen molar-refractivity contribution in [3.8, 4) is 27.6 Å². The highest BCUT2D eigenvalue weighted by molar-refractivity contribution is 7.17. The molecule has 4 nitrogen and oxygen atoms in total. The highest BCUT2D eigenvalue weighted by Gasteiger charge is 2.20. The Hall–Kier alpha value is -3.44. The van der Waals surface area contributed by atoms with Crippen LogP contribution in [0, 0.1) is 0 Å². The van der Waals surface area contributed by atoms with Gasteiger partial charge in [0.25, 0.3) is 5.91 Å². The molecule has 0 atom stereocenters. The highest BCUT2D eigenvalue weighted by atomic mass is 32.1. The first kappa shape index (κ1) is 17.0. The Kier molecular flexibility index (Phi) is 4.68. The fourth-order valence-electron chi connectivity index (χ4n) is 2.74. The van der Waals surface area contributed by atoms with Gasteiger partial charge in [0, 0.05) is 22.9 Å². The summed E-state index contributed by atoms with van der Waals surface area (Å²) in [7, 11) is 0. The van der Waals surface area contributed by atoms with Crippen LogP contribution in [0.3, 0.4) is 0 Å². The number of amides is 1. The van der Waals surface area contributed by atoms with Gasteiger partial charge in [-0.15, -0.1) is 11.3 Å². The molecule has 0 spiro atoms. The molecule has 0 aliphatic heterocycles. The van der Waals surface area contributed by atoms with Gasteiger partial charge in [0.2, 0.25) is 0 Å². The van der Waals surface area contributed by atoms with Gasteiger partial charge in [-0.3, -0.25) is 4.79 Å². The van der Waals surface area contributed by atoms with Crippen molar-refractivity contribution in [1.82, 2.24) is 4.98 Å². The van der Waals surface area contributed by atoms with Gasteiger partial charge in [0.15, 0.2) is 0 Å². The van der Waals surface area contributed by atoms with Crippen LogP contribution in [0.15, 0.2) is 84.9 Å². The lowest BCUT2D eigenvalue weighted by atomic mass is 10.1. The van der Waals surface area contributed by atoms with Gasteiger partial charge in [0.05, 0.1) is 5.69 Å². The number of benzene rings is 3. The van der Waals surface area contributed by atoms with E-state index >= 15 is 0 Å². The van der Waals surface area contributed by atoms with E-state index in [2.05, 4.69) is 5.32 Å². The summed E-state index contributed by atoms with van der Waals surface area (Å²) in [5, 5.41) is 13.3. The molecule has 0 unspecified atom stereocenters. The summed E-state index contributed by atoms with van der Waals surface area (Å²) in [4.78, 5) is 18.2. The van der Waals surface area contributed by atoms with E-state index in [4.69, 9.17) is 4.98 Å². The number of aromatic hydroxyl groups is 1. The van der Waals surface area contributed by atoms with Gasteiger partial charge in [-0.2, -0.15) is 0 Å². The number of rotatable bonds is 4. The lowest BCUT2D eigenvalue weighted by molar-refractivity contribution is 0.103. The molecule has 1 aromatic heterocycles. The molecule has 0 saturated carbocycles. The molecule has 1 amide bonds. The standard InChI is InChI=1S/C22H16N2O2S/c25-18-13-7-12-17(14-18)23-21(26)20-19(15-8-3-1-4-9-15)24-22(27-20)16-10-5-2-6-11-16/h1-14,25H,(H,23,26). The molecule has 0 saturated heterocycles. The van der Waals surface area contributed by atoms with Crippen molar-refractivity contribution in [2.45, 2.75) is 0 Å². The van der Waals surface area contributed by atoms with E-state index in [-0.39, 0.29) is 11.7 Å². The van der Waals surface area contributed by atoms with E-state index in [1.165, 1.54) is 17.4 Å². The number of phenolic OH excluding ortho intramolecular Hbond substituents is 1. The van der Waals surface area contributed by atoms with Crippen molar-refractivity contribution in [1.29, 1.82) is 0 Å². The zero-order valence-electron chi connectivity index (χ0n) is 14.3. The van der Waals surface area contributed by atoms with Gasteiger partial charge in [-0.1, -0.05) is 66.7 Å². The average Bonchev–Trinajstić information content (AvgIpc) is 3.15. The molecule has 5 heteroatoms. The maximum Gasteiger partial charge on any atom is 0.268 e. The zero-order valence-corrected chi connectivity index (χ0v) is 15.1. The van der Waals surface area contributed by atoms with Crippen LogP contribution in [0.2, 0.25) is 0 Å². The molecule has 4 rings (SSSR count). The molecule has 3 aromatic carbocycles. The monoisotopic (exact) mass is 372 g/mol. The summed E-state index contributed by atoms with van der Waals surface area (Å²) in [6.45, 7) is 0. The lowest BCUT2D eigenvalue weighted by Crippen LogP contribution is -2.11. The number of phenols is 1. The van der Waals surface area contributed by atoms with Crippen LogP contribution < -0.4 is 5.32 Å². The maximum atomic E-state index is 12.9. The largest absolute Gasteiger partial charge is 0.508 e. The van der Waals surface area contributed by atoms with E-state index < -0.39 is 0 Å². The second-order valence-corrected chi connectivity index (χ2v) is 6.93. The number of thiazole rings is 1. The van der Waals surface area contributed by atoms with Crippen molar-refractivity contribution in [3.63, 3.8) is 0 Å². The molecule has 132 valence electrons. The van der Waals surface area contributed by atoms with Crippen LogP contribution in [0.1, 0.15) is 9.67 Å². The predicted octanol–water partition coefficient (Wildman–Crippen LogP) is 5.44. The van der Waals surface area contributed by atoms with Gasteiger partial charge >= 0.3 is 0 Å². The quantitative estimate of drug-likeness (QED) is 0.502. The molecule has 0 fully saturated rings. The van der Waals surface area contributed by atoms with Gasteiger partial charge < -0.3 is 10.4 Å². The Labute approximate surface area is 160 Å². The van der Waals surface area contributed by atoms with Gasteiger partial charge in [-0.25, -0.2) is 4.98 Å². The summed E-state index contributed by atoms with van der Waals surface area (Å²) in [5.41, 5.74) is 3.04. The molecular weight excluding hydrogens is 356 g/mol. The van der Waals surface area contributed by atoms with Crippen molar-refractivity contribution in [2.75, 3.05) is 5.32 Å². The number of anilines is 1. The summed E-state index contributed by atoms with van der Waals surface area (Å²) >= 11 is 1.35. The first-order valence-electron chi connectivity index (χ1n) is 8.43. The van der Waals surface area contributed by atoms with E-state index in [9.17, 15) is 9.90 Å². The molecule has 2 N–H and O–H groups in total. The minimum atomic E-state index is -0.251. The third kappa shape index (κ3) is 3.73. The number of carbonyl (C=O) groups excluding carboxylic acids is 1. The fraction of sp³-hybridized carbons (Fsp3) is 0. The Balaban J connectivity index is 1.76. The third-order valence-corrected chi connectivity index (χ3v) is 5.11. The lowest BCUT2D eigenvalue weighted by Gasteiger charge is -2.05. The topological polar surface area (TPSA) is 62.2 Å². The first-order valence-corrected chi connectivity index (χ1v) is 9.24. The Morgan fingerprint density at radius 2 is 1.52 bits per heavy atom. The van der Waals surface area contributed by atoms with Crippen LogP contribution >= 0.6 is 11.3 Å². The normalized spacial score (nSPS) is 10.5. The number of hydrogen-bond acceptors (Lipinski definition) is 4. The Morgan fingerprint density at radius 3 is 2.19 bits per heavy atom. The van der Waals surface area contributed by atoms with Crippen LogP contribution in [0.25, 0.3) is 21.8 Å². The number of hydrogen-bond donors (Lipinski definition) is 2. The summed E-state index contributed by atoms with van der Waals surface area (Å²) in [6.07, 6.45) is 0. The Morgan fingerprint density at radius 1 is 0.852 bits per heavy atom. The predicted molar refractivity (Wildman–Crippen MR) is 109 cm³/mol. The molecular formula is C22H16N2O2S. The number of carbonyl (C=O) groups is 1.